The van der Waals surface area contributed by atoms with Crippen LogP contribution in [0.25, 0.3) is 0 Å². The maximum absolute atomic E-state index is 5.38. The van der Waals surface area contributed by atoms with Gasteiger partial charge in [0.15, 0.2) is 0 Å². The minimum absolute atomic E-state index is 0.437. The van der Waals surface area contributed by atoms with Crippen molar-refractivity contribution in [1.29, 1.82) is 0 Å². The molecular weight excluding hydrogens is 174 g/mol. The fourth-order valence-electron chi connectivity index (χ4n) is 3.57. The van der Waals surface area contributed by atoms with Crippen molar-refractivity contribution in [3.05, 3.63) is 0 Å². The monoisotopic (exact) mass is 197 g/mol. The summed E-state index contributed by atoms with van der Waals surface area (Å²) in [6.07, 6.45) is 4.06. The first-order valence-electron chi connectivity index (χ1n) is 5.89. The van der Waals surface area contributed by atoms with Crippen LogP contribution in [0.5, 0.6) is 0 Å². The molecule has 3 atom stereocenters. The molecule has 2 saturated carbocycles. The van der Waals surface area contributed by atoms with Crippen LogP contribution in [0, 0.1) is 16.7 Å². The molecule has 2 heteroatoms. The van der Waals surface area contributed by atoms with Crippen molar-refractivity contribution in [2.24, 2.45) is 16.7 Å². The van der Waals surface area contributed by atoms with Gasteiger partial charge in [-0.2, -0.15) is 5.48 Å². The largest absolute Gasteiger partial charge is 0.302 e. The summed E-state index contributed by atoms with van der Waals surface area (Å²) < 4.78 is 0. The average Bonchev–Trinajstić information content (AvgIpc) is 2.46. The first-order chi connectivity index (χ1) is 6.52. The van der Waals surface area contributed by atoms with Gasteiger partial charge in [-0.1, -0.05) is 20.8 Å². The second-order valence-electron chi connectivity index (χ2n) is 5.71. The number of hydrogen-bond acceptors (Lipinski definition) is 2. The molecule has 0 aliphatic heterocycles. The molecule has 0 amide bonds. The average molecular weight is 197 g/mol. The van der Waals surface area contributed by atoms with E-state index in [9.17, 15) is 0 Å². The summed E-state index contributed by atoms with van der Waals surface area (Å²) in [6.45, 7) is 10.1. The molecule has 82 valence electrons. The van der Waals surface area contributed by atoms with E-state index in [1.54, 1.807) is 0 Å². The summed E-state index contributed by atoms with van der Waals surface area (Å²) in [4.78, 5) is 5.38. The molecule has 2 bridgehead atoms. The van der Waals surface area contributed by atoms with Gasteiger partial charge in [0.1, 0.15) is 0 Å². The van der Waals surface area contributed by atoms with Gasteiger partial charge < -0.3 is 4.84 Å². The summed E-state index contributed by atoms with van der Waals surface area (Å²) in [5.41, 5.74) is 4.18. The predicted octanol–water partition coefficient (Wildman–Crippen LogP) is 2.74. The van der Waals surface area contributed by atoms with Crippen molar-refractivity contribution in [2.75, 3.05) is 6.61 Å². The second-order valence-corrected chi connectivity index (χ2v) is 5.71. The van der Waals surface area contributed by atoms with Crippen LogP contribution in [-0.4, -0.2) is 12.6 Å². The lowest BCUT2D eigenvalue weighted by Crippen LogP contribution is -2.44. The van der Waals surface area contributed by atoms with Gasteiger partial charge in [-0.25, -0.2) is 0 Å². The molecule has 0 radical (unpaired) electrons. The molecule has 0 aromatic heterocycles. The van der Waals surface area contributed by atoms with E-state index in [1.807, 2.05) is 6.92 Å². The number of fused-ring (bicyclic) bond motifs is 2. The summed E-state index contributed by atoms with van der Waals surface area (Å²) in [5, 5.41) is 0. The number of nitrogens with one attached hydrogen (secondary N) is 1. The SMILES string of the molecule is CCONC1CC2CCC1(C)C2(C)C. The molecular formula is C12H23NO. The van der Waals surface area contributed by atoms with Crippen LogP contribution < -0.4 is 5.48 Å². The Labute approximate surface area is 87.4 Å². The molecule has 14 heavy (non-hydrogen) atoms. The van der Waals surface area contributed by atoms with E-state index in [2.05, 4.69) is 26.3 Å². The molecule has 0 aromatic rings. The quantitative estimate of drug-likeness (QED) is 0.702. The van der Waals surface area contributed by atoms with Crippen molar-refractivity contribution in [2.45, 2.75) is 53.0 Å². The molecule has 0 heterocycles. The molecule has 2 aliphatic carbocycles. The van der Waals surface area contributed by atoms with Gasteiger partial charge in [0.05, 0.1) is 6.61 Å². The molecule has 1 N–H and O–H groups in total. The highest BCUT2D eigenvalue weighted by atomic mass is 16.6. The zero-order chi connectivity index (χ0) is 10.4. The zero-order valence-corrected chi connectivity index (χ0v) is 9.89. The Hall–Kier alpha value is -0.0800. The number of rotatable bonds is 3. The van der Waals surface area contributed by atoms with E-state index in [0.717, 1.165) is 12.5 Å². The van der Waals surface area contributed by atoms with Crippen LogP contribution >= 0.6 is 0 Å². The van der Waals surface area contributed by atoms with Crippen LogP contribution in [0.1, 0.15) is 47.0 Å². The maximum atomic E-state index is 5.38. The molecule has 2 nitrogen and oxygen atoms in total. The predicted molar refractivity (Wildman–Crippen MR) is 57.8 cm³/mol. The fourth-order valence-corrected chi connectivity index (χ4v) is 3.57. The van der Waals surface area contributed by atoms with E-state index in [1.165, 1.54) is 19.3 Å². The standard InChI is InChI=1S/C12H23NO/c1-5-14-13-10-8-9-6-7-12(10,4)11(9,2)3/h9-10,13H,5-8H2,1-4H3. The Balaban J connectivity index is 2.11. The fraction of sp³-hybridized carbons (Fsp3) is 1.00. The second kappa shape index (κ2) is 3.21. The molecule has 0 saturated heterocycles. The van der Waals surface area contributed by atoms with E-state index < -0.39 is 0 Å². The van der Waals surface area contributed by atoms with Crippen LogP contribution in [0.15, 0.2) is 0 Å². The van der Waals surface area contributed by atoms with Gasteiger partial charge in [0, 0.05) is 6.04 Å². The highest BCUT2D eigenvalue weighted by Crippen LogP contribution is 2.65. The molecule has 2 fully saturated rings. The summed E-state index contributed by atoms with van der Waals surface area (Å²) >= 11 is 0. The minimum atomic E-state index is 0.437. The van der Waals surface area contributed by atoms with Crippen LogP contribution in [0.4, 0.5) is 0 Å². The van der Waals surface area contributed by atoms with Crippen LogP contribution in [0.2, 0.25) is 0 Å². The van der Waals surface area contributed by atoms with Crippen molar-refractivity contribution >= 4 is 0 Å². The van der Waals surface area contributed by atoms with Gasteiger partial charge in [-0.05, 0) is 42.9 Å². The summed E-state index contributed by atoms with van der Waals surface area (Å²) in [7, 11) is 0. The highest BCUT2D eigenvalue weighted by molar-refractivity contribution is 5.12. The third-order valence-electron chi connectivity index (χ3n) is 5.16. The van der Waals surface area contributed by atoms with Gasteiger partial charge in [-0.3, -0.25) is 0 Å². The molecule has 3 unspecified atom stereocenters. The molecule has 0 spiro atoms. The maximum Gasteiger partial charge on any atom is 0.0654 e. The minimum Gasteiger partial charge on any atom is -0.302 e. The normalized spacial score (nSPS) is 44.6. The highest BCUT2D eigenvalue weighted by Gasteiger charge is 2.61. The van der Waals surface area contributed by atoms with Crippen molar-refractivity contribution in [3.63, 3.8) is 0 Å². The third kappa shape index (κ3) is 1.17. The molecule has 2 rings (SSSR count). The van der Waals surface area contributed by atoms with Gasteiger partial charge in [-0.15, -0.1) is 0 Å². The van der Waals surface area contributed by atoms with Gasteiger partial charge >= 0.3 is 0 Å². The topological polar surface area (TPSA) is 21.3 Å². The summed E-state index contributed by atoms with van der Waals surface area (Å²) in [5.74, 6) is 0.894. The first kappa shape index (κ1) is 10.4. The number of hydroxylamine groups is 1. The third-order valence-corrected chi connectivity index (χ3v) is 5.16. The van der Waals surface area contributed by atoms with Crippen LogP contribution in [0.3, 0.4) is 0 Å². The van der Waals surface area contributed by atoms with Crippen LogP contribution in [-0.2, 0) is 4.84 Å². The smallest absolute Gasteiger partial charge is 0.0654 e. The Morgan fingerprint density at radius 1 is 1.36 bits per heavy atom. The molecule has 2 aliphatic rings. The first-order valence-corrected chi connectivity index (χ1v) is 5.89. The Morgan fingerprint density at radius 2 is 2.07 bits per heavy atom. The molecule has 0 aromatic carbocycles. The van der Waals surface area contributed by atoms with E-state index in [0.29, 0.717) is 16.9 Å². The van der Waals surface area contributed by atoms with E-state index in [-0.39, 0.29) is 0 Å². The van der Waals surface area contributed by atoms with Gasteiger partial charge in [0.25, 0.3) is 0 Å². The lowest BCUT2D eigenvalue weighted by Gasteiger charge is -2.39. The van der Waals surface area contributed by atoms with Crippen molar-refractivity contribution in [3.8, 4) is 0 Å². The Bertz CT molecular complexity index is 226. The van der Waals surface area contributed by atoms with Crippen molar-refractivity contribution < 1.29 is 4.84 Å². The van der Waals surface area contributed by atoms with E-state index in [4.69, 9.17) is 4.84 Å². The zero-order valence-electron chi connectivity index (χ0n) is 9.89. The Kier molecular flexibility index (Phi) is 2.39. The number of hydrogen-bond donors (Lipinski definition) is 1. The summed E-state index contributed by atoms with van der Waals surface area (Å²) in [6, 6.07) is 0.566. The lowest BCUT2D eigenvalue weighted by atomic mass is 9.69. The van der Waals surface area contributed by atoms with E-state index >= 15 is 0 Å². The lowest BCUT2D eigenvalue weighted by molar-refractivity contribution is -0.0221. The Morgan fingerprint density at radius 3 is 2.50 bits per heavy atom. The van der Waals surface area contributed by atoms with Crippen molar-refractivity contribution in [1.82, 2.24) is 5.48 Å². The van der Waals surface area contributed by atoms with Gasteiger partial charge in [0.2, 0.25) is 0 Å².